The monoisotopic (exact) mass is 581 g/mol. The fourth-order valence-electron chi connectivity index (χ4n) is 6.15. The number of carbonyl (C=O) groups excluding carboxylic acids is 2. The molecule has 1 aromatic heterocycles. The molecule has 5 rings (SSSR count). The van der Waals surface area contributed by atoms with Crippen molar-refractivity contribution in [1.29, 1.82) is 0 Å². The van der Waals surface area contributed by atoms with Crippen LogP contribution in [0.15, 0.2) is 42.5 Å². The second-order valence-corrected chi connectivity index (χ2v) is 12.8. The van der Waals surface area contributed by atoms with Gasteiger partial charge in [-0.2, -0.15) is 12.7 Å². The number of fused-ring (bicyclic) bond motifs is 5. The van der Waals surface area contributed by atoms with Crippen LogP contribution >= 0.6 is 0 Å². The lowest BCUT2D eigenvalue weighted by Crippen LogP contribution is -2.43. The maximum atomic E-state index is 13.2. The van der Waals surface area contributed by atoms with E-state index in [-0.39, 0.29) is 18.2 Å². The predicted molar refractivity (Wildman–Crippen MR) is 159 cm³/mol. The lowest BCUT2D eigenvalue weighted by atomic mass is 9.81. The van der Waals surface area contributed by atoms with Gasteiger partial charge in [-0.25, -0.2) is 4.72 Å². The SMILES string of the molecule is CN(CCN)[C@H]1COc2ccccc2-c2c(C3CCCCC3)c3ccc(C(=O)NS(=O)(=O)N(C)CC=O)cc3n2C1. The van der Waals surface area contributed by atoms with Gasteiger partial charge in [0.25, 0.3) is 5.91 Å². The number of aldehydes is 1. The molecule has 1 aliphatic carbocycles. The number of likely N-dealkylation sites (N-methyl/N-ethyl adjacent to an activating group) is 2. The number of nitrogens with zero attached hydrogens (tertiary/aromatic N) is 3. The number of ether oxygens (including phenoxy) is 1. The predicted octanol–water partition coefficient (Wildman–Crippen LogP) is 3.11. The Morgan fingerprint density at radius 1 is 1.15 bits per heavy atom. The molecule has 1 atom stereocenters. The number of nitrogens with one attached hydrogen (secondary N) is 1. The number of amides is 1. The third-order valence-electron chi connectivity index (χ3n) is 8.41. The van der Waals surface area contributed by atoms with Gasteiger partial charge in [0, 0.05) is 48.7 Å². The number of nitrogens with two attached hydrogens (primary N) is 1. The minimum absolute atomic E-state index is 0.0234. The second kappa shape index (κ2) is 12.3. The number of aromatic nitrogens is 1. The largest absolute Gasteiger partial charge is 0.491 e. The van der Waals surface area contributed by atoms with Crippen molar-refractivity contribution in [2.45, 2.75) is 50.6 Å². The van der Waals surface area contributed by atoms with Gasteiger partial charge in [-0.05, 0) is 55.6 Å². The first-order valence-electron chi connectivity index (χ1n) is 14.3. The van der Waals surface area contributed by atoms with E-state index in [1.54, 1.807) is 12.1 Å². The second-order valence-electron chi connectivity index (χ2n) is 11.1. The fraction of sp³-hybridized carbons (Fsp3) is 0.467. The molecule has 0 bridgehead atoms. The first-order valence-corrected chi connectivity index (χ1v) is 15.7. The zero-order valence-corrected chi connectivity index (χ0v) is 24.5. The van der Waals surface area contributed by atoms with Crippen molar-refractivity contribution in [3.63, 3.8) is 0 Å². The van der Waals surface area contributed by atoms with Gasteiger partial charge in [-0.3, -0.25) is 9.69 Å². The van der Waals surface area contributed by atoms with E-state index in [1.807, 2.05) is 31.3 Å². The molecule has 2 heterocycles. The van der Waals surface area contributed by atoms with Crippen LogP contribution in [0.5, 0.6) is 5.75 Å². The Bertz CT molecular complexity index is 1530. The van der Waals surface area contributed by atoms with Crippen LogP contribution in [-0.2, 0) is 21.5 Å². The topological polar surface area (TPSA) is 127 Å². The summed E-state index contributed by atoms with van der Waals surface area (Å²) < 4.78 is 36.8. The van der Waals surface area contributed by atoms with Gasteiger partial charge in [0.15, 0.2) is 0 Å². The first kappa shape index (κ1) is 29.2. The highest BCUT2D eigenvalue weighted by molar-refractivity contribution is 7.87. The van der Waals surface area contributed by atoms with E-state index in [2.05, 4.69) is 20.3 Å². The Morgan fingerprint density at radius 2 is 1.90 bits per heavy atom. The average Bonchev–Trinajstić information content (AvgIpc) is 3.27. The smallest absolute Gasteiger partial charge is 0.304 e. The molecule has 11 heteroatoms. The van der Waals surface area contributed by atoms with Crippen molar-refractivity contribution >= 4 is 33.3 Å². The summed E-state index contributed by atoms with van der Waals surface area (Å²) in [5, 5.41) is 1.07. The number of benzene rings is 2. The molecule has 1 saturated carbocycles. The molecular formula is C30H39N5O5S. The van der Waals surface area contributed by atoms with Gasteiger partial charge in [-0.1, -0.05) is 37.5 Å². The maximum absolute atomic E-state index is 13.2. The van der Waals surface area contributed by atoms with Crippen LogP contribution in [0.1, 0.15) is 53.9 Å². The fourth-order valence-corrected chi connectivity index (χ4v) is 6.91. The van der Waals surface area contributed by atoms with E-state index in [1.165, 1.54) is 31.9 Å². The van der Waals surface area contributed by atoms with Crippen LogP contribution in [-0.4, -0.2) is 80.8 Å². The van der Waals surface area contributed by atoms with Gasteiger partial charge < -0.3 is 19.8 Å². The normalized spacial score (nSPS) is 17.9. The van der Waals surface area contributed by atoms with Crippen LogP contribution in [0.4, 0.5) is 0 Å². The summed E-state index contributed by atoms with van der Waals surface area (Å²) in [6.07, 6.45) is 6.23. The minimum Gasteiger partial charge on any atom is -0.491 e. The Kier molecular flexibility index (Phi) is 8.79. The lowest BCUT2D eigenvalue weighted by molar-refractivity contribution is -0.107. The Labute approximate surface area is 241 Å². The molecule has 220 valence electrons. The Hall–Kier alpha value is -3.25. The molecule has 0 saturated heterocycles. The number of para-hydroxylation sites is 1. The van der Waals surface area contributed by atoms with E-state index in [9.17, 15) is 18.0 Å². The number of rotatable bonds is 9. The zero-order chi connectivity index (χ0) is 29.1. The molecule has 1 aliphatic heterocycles. The maximum Gasteiger partial charge on any atom is 0.304 e. The average molecular weight is 582 g/mol. The van der Waals surface area contributed by atoms with Crippen molar-refractivity contribution in [2.75, 3.05) is 40.3 Å². The third kappa shape index (κ3) is 5.90. The summed E-state index contributed by atoms with van der Waals surface area (Å²) in [4.78, 5) is 26.3. The molecule has 3 N–H and O–H groups in total. The number of carbonyl (C=O) groups is 2. The highest BCUT2D eigenvalue weighted by Crippen LogP contribution is 2.47. The first-order chi connectivity index (χ1) is 19.7. The van der Waals surface area contributed by atoms with Crippen molar-refractivity contribution in [2.24, 2.45) is 5.73 Å². The summed E-state index contributed by atoms with van der Waals surface area (Å²) in [6, 6.07) is 13.6. The third-order valence-corrected chi connectivity index (χ3v) is 9.83. The van der Waals surface area contributed by atoms with Crippen molar-refractivity contribution < 1.29 is 22.7 Å². The van der Waals surface area contributed by atoms with E-state index in [0.717, 1.165) is 45.1 Å². The molecule has 0 radical (unpaired) electrons. The summed E-state index contributed by atoms with van der Waals surface area (Å²) in [6.45, 7) is 1.98. The molecule has 3 aromatic rings. The van der Waals surface area contributed by atoms with E-state index in [4.69, 9.17) is 10.5 Å². The molecule has 10 nitrogen and oxygen atoms in total. The van der Waals surface area contributed by atoms with Gasteiger partial charge in [-0.15, -0.1) is 0 Å². The van der Waals surface area contributed by atoms with Crippen molar-refractivity contribution in [1.82, 2.24) is 18.5 Å². The van der Waals surface area contributed by atoms with Crippen LogP contribution in [0, 0.1) is 0 Å². The summed E-state index contributed by atoms with van der Waals surface area (Å²) in [5.74, 6) is 0.444. The minimum atomic E-state index is -4.17. The summed E-state index contributed by atoms with van der Waals surface area (Å²) in [5.41, 5.74) is 10.4. The molecule has 2 aliphatic rings. The summed E-state index contributed by atoms with van der Waals surface area (Å²) in [7, 11) is -0.879. The van der Waals surface area contributed by atoms with E-state index >= 15 is 0 Å². The highest BCUT2D eigenvalue weighted by atomic mass is 32.2. The Balaban J connectivity index is 1.69. The molecular weight excluding hydrogens is 542 g/mol. The Morgan fingerprint density at radius 3 is 2.63 bits per heavy atom. The van der Waals surface area contributed by atoms with Gasteiger partial charge in [0.05, 0.1) is 18.3 Å². The highest BCUT2D eigenvalue weighted by Gasteiger charge is 2.32. The van der Waals surface area contributed by atoms with Crippen molar-refractivity contribution in [3.8, 4) is 17.0 Å². The lowest BCUT2D eigenvalue weighted by Gasteiger charge is -2.32. The molecule has 0 unspecified atom stereocenters. The van der Waals surface area contributed by atoms with Gasteiger partial charge >= 0.3 is 10.2 Å². The quantitative estimate of drug-likeness (QED) is 0.372. The standard InChI is InChI=1S/C30H39N5O5S/c1-33(15-14-31)23-19-35-26-18-22(30(37)32-41(38,39)34(2)16-17-36)12-13-24(26)28(21-8-4-3-5-9-21)29(35)25-10-6-7-11-27(25)40-20-23/h6-7,10-13,17-18,21,23H,3-5,8-9,14-16,19-20,31H2,1-2H3,(H,32,37)/t23-/m1/s1. The molecule has 1 amide bonds. The zero-order valence-electron chi connectivity index (χ0n) is 23.7. The molecule has 0 spiro atoms. The summed E-state index contributed by atoms with van der Waals surface area (Å²) >= 11 is 0. The van der Waals surface area contributed by atoms with Crippen LogP contribution in [0.3, 0.4) is 0 Å². The molecule has 2 aromatic carbocycles. The van der Waals surface area contributed by atoms with E-state index in [0.29, 0.717) is 38.4 Å². The van der Waals surface area contributed by atoms with E-state index < -0.39 is 16.1 Å². The molecule has 1 fully saturated rings. The van der Waals surface area contributed by atoms with Crippen molar-refractivity contribution in [3.05, 3.63) is 53.6 Å². The van der Waals surface area contributed by atoms with Crippen LogP contribution < -0.4 is 15.2 Å². The van der Waals surface area contributed by atoms with Gasteiger partial charge in [0.1, 0.15) is 18.6 Å². The van der Waals surface area contributed by atoms with Crippen LogP contribution in [0.2, 0.25) is 0 Å². The van der Waals surface area contributed by atoms with Gasteiger partial charge in [0.2, 0.25) is 0 Å². The van der Waals surface area contributed by atoms with Crippen LogP contribution in [0.25, 0.3) is 22.2 Å². The molecule has 41 heavy (non-hydrogen) atoms. The number of hydrogen-bond acceptors (Lipinski definition) is 7. The number of hydrogen-bond donors (Lipinski definition) is 2.